The van der Waals surface area contributed by atoms with E-state index in [0.29, 0.717) is 6.42 Å². The van der Waals surface area contributed by atoms with Gasteiger partial charge in [-0.2, -0.15) is 0 Å². The van der Waals surface area contributed by atoms with E-state index >= 15 is 0 Å². The molecule has 0 aromatic rings. The van der Waals surface area contributed by atoms with Gasteiger partial charge in [0.25, 0.3) is 0 Å². The molecule has 1 rings (SSSR count). The zero-order chi connectivity index (χ0) is 5.98. The summed E-state index contributed by atoms with van der Waals surface area (Å²) in [6, 6.07) is 0. The van der Waals surface area contributed by atoms with Crippen molar-refractivity contribution in [2.45, 2.75) is 25.9 Å². The first-order valence-corrected chi connectivity index (χ1v) is 2.83. The SMILES string of the molecule is CC[C@@H]1CC(F)=CO1. The van der Waals surface area contributed by atoms with Crippen LogP contribution in [0.5, 0.6) is 0 Å². The highest BCUT2D eigenvalue weighted by Gasteiger charge is 2.15. The van der Waals surface area contributed by atoms with Gasteiger partial charge in [0.05, 0.1) is 0 Å². The van der Waals surface area contributed by atoms with Crippen LogP contribution >= 0.6 is 0 Å². The second-order valence-electron chi connectivity index (χ2n) is 1.94. The molecule has 0 saturated carbocycles. The Morgan fingerprint density at radius 1 is 2.00 bits per heavy atom. The standard InChI is InChI=1S/C6H9FO/c1-2-6-3-5(7)4-8-6/h4,6H,2-3H2,1H3/t6-/m1/s1. The number of rotatable bonds is 1. The van der Waals surface area contributed by atoms with Crippen LogP contribution < -0.4 is 0 Å². The minimum atomic E-state index is -0.128. The molecule has 0 spiro atoms. The zero-order valence-corrected chi connectivity index (χ0v) is 4.86. The highest BCUT2D eigenvalue weighted by molar-refractivity contribution is 4.94. The van der Waals surface area contributed by atoms with Gasteiger partial charge in [0.2, 0.25) is 0 Å². The molecule has 1 aliphatic rings. The summed E-state index contributed by atoms with van der Waals surface area (Å²) in [6.45, 7) is 1.98. The Morgan fingerprint density at radius 2 is 2.75 bits per heavy atom. The molecule has 1 heterocycles. The normalized spacial score (nSPS) is 27.2. The summed E-state index contributed by atoms with van der Waals surface area (Å²) in [7, 11) is 0. The third kappa shape index (κ3) is 0.997. The molecule has 0 aliphatic carbocycles. The molecule has 0 amide bonds. The van der Waals surface area contributed by atoms with Gasteiger partial charge in [0.1, 0.15) is 18.2 Å². The fourth-order valence-electron chi connectivity index (χ4n) is 0.724. The Kier molecular flexibility index (Phi) is 1.51. The maximum absolute atomic E-state index is 12.1. The Hall–Kier alpha value is -0.530. The summed E-state index contributed by atoms with van der Waals surface area (Å²) in [4.78, 5) is 0. The molecule has 1 atom stereocenters. The molecule has 1 aliphatic heterocycles. The lowest BCUT2D eigenvalue weighted by atomic mass is 10.2. The first kappa shape index (κ1) is 5.60. The van der Waals surface area contributed by atoms with E-state index in [2.05, 4.69) is 0 Å². The van der Waals surface area contributed by atoms with Gasteiger partial charge in [-0.15, -0.1) is 0 Å². The summed E-state index contributed by atoms with van der Waals surface area (Å²) in [5.41, 5.74) is 0. The largest absolute Gasteiger partial charge is 0.495 e. The van der Waals surface area contributed by atoms with Crippen LogP contribution in [-0.2, 0) is 4.74 Å². The molecule has 0 radical (unpaired) electrons. The van der Waals surface area contributed by atoms with E-state index in [4.69, 9.17) is 4.74 Å². The van der Waals surface area contributed by atoms with E-state index in [-0.39, 0.29) is 11.9 Å². The van der Waals surface area contributed by atoms with Crippen LogP contribution in [0.3, 0.4) is 0 Å². The molecule has 0 unspecified atom stereocenters. The van der Waals surface area contributed by atoms with E-state index in [0.717, 1.165) is 6.42 Å². The maximum Gasteiger partial charge on any atom is 0.138 e. The maximum atomic E-state index is 12.1. The van der Waals surface area contributed by atoms with Gasteiger partial charge in [-0.3, -0.25) is 0 Å². The van der Waals surface area contributed by atoms with Crippen molar-refractivity contribution in [2.24, 2.45) is 0 Å². The van der Waals surface area contributed by atoms with Crippen molar-refractivity contribution in [3.05, 3.63) is 12.1 Å². The molecule has 0 saturated heterocycles. The Morgan fingerprint density at radius 3 is 3.00 bits per heavy atom. The van der Waals surface area contributed by atoms with E-state index in [1.165, 1.54) is 6.26 Å². The van der Waals surface area contributed by atoms with E-state index in [1.54, 1.807) is 0 Å². The molecule has 0 aromatic carbocycles. The lowest BCUT2D eigenvalue weighted by molar-refractivity contribution is 0.166. The average molecular weight is 116 g/mol. The van der Waals surface area contributed by atoms with Crippen LogP contribution in [0.1, 0.15) is 19.8 Å². The van der Waals surface area contributed by atoms with Crippen molar-refractivity contribution < 1.29 is 9.13 Å². The van der Waals surface area contributed by atoms with Gasteiger partial charge in [0, 0.05) is 6.42 Å². The van der Waals surface area contributed by atoms with Gasteiger partial charge < -0.3 is 4.74 Å². The molecule has 46 valence electrons. The molecule has 0 aromatic heterocycles. The van der Waals surface area contributed by atoms with Crippen LogP contribution in [0.25, 0.3) is 0 Å². The molecular weight excluding hydrogens is 107 g/mol. The van der Waals surface area contributed by atoms with Gasteiger partial charge in [-0.1, -0.05) is 6.92 Å². The number of hydrogen-bond acceptors (Lipinski definition) is 1. The highest BCUT2D eigenvalue weighted by Crippen LogP contribution is 2.20. The summed E-state index contributed by atoms with van der Waals surface area (Å²) < 4.78 is 17.0. The summed E-state index contributed by atoms with van der Waals surface area (Å²) >= 11 is 0. The number of hydrogen-bond donors (Lipinski definition) is 0. The Bertz CT molecular complexity index is 109. The third-order valence-electron chi connectivity index (χ3n) is 1.27. The van der Waals surface area contributed by atoms with E-state index < -0.39 is 0 Å². The minimum Gasteiger partial charge on any atom is -0.495 e. The molecule has 0 bridgehead atoms. The van der Waals surface area contributed by atoms with Crippen LogP contribution in [0.2, 0.25) is 0 Å². The fraction of sp³-hybridized carbons (Fsp3) is 0.667. The number of ether oxygens (including phenoxy) is 1. The summed E-state index contributed by atoms with van der Waals surface area (Å²) in [5.74, 6) is -0.128. The lowest BCUT2D eigenvalue weighted by Crippen LogP contribution is -2.00. The topological polar surface area (TPSA) is 9.23 Å². The molecule has 0 N–H and O–H groups in total. The Balaban J connectivity index is 2.32. The van der Waals surface area contributed by atoms with Crippen LogP contribution in [-0.4, -0.2) is 6.10 Å². The summed E-state index contributed by atoms with van der Waals surface area (Å²) in [5, 5.41) is 0. The van der Waals surface area contributed by atoms with Crippen LogP contribution in [0.15, 0.2) is 12.1 Å². The van der Waals surface area contributed by atoms with Crippen molar-refractivity contribution in [3.8, 4) is 0 Å². The molecule has 0 fully saturated rings. The van der Waals surface area contributed by atoms with Crippen molar-refractivity contribution in [3.63, 3.8) is 0 Å². The molecule has 8 heavy (non-hydrogen) atoms. The monoisotopic (exact) mass is 116 g/mol. The van der Waals surface area contributed by atoms with Gasteiger partial charge in [-0.05, 0) is 6.42 Å². The predicted octanol–water partition coefficient (Wildman–Crippen LogP) is 2.00. The average Bonchev–Trinajstić information content (AvgIpc) is 2.14. The van der Waals surface area contributed by atoms with E-state index in [9.17, 15) is 4.39 Å². The first-order chi connectivity index (χ1) is 3.83. The van der Waals surface area contributed by atoms with Gasteiger partial charge >= 0.3 is 0 Å². The van der Waals surface area contributed by atoms with Gasteiger partial charge in [-0.25, -0.2) is 4.39 Å². The van der Waals surface area contributed by atoms with Crippen molar-refractivity contribution in [1.29, 1.82) is 0 Å². The minimum absolute atomic E-state index is 0.106. The second-order valence-corrected chi connectivity index (χ2v) is 1.94. The predicted molar refractivity (Wildman–Crippen MR) is 29.0 cm³/mol. The first-order valence-electron chi connectivity index (χ1n) is 2.83. The van der Waals surface area contributed by atoms with E-state index in [1.807, 2.05) is 6.92 Å². The quantitative estimate of drug-likeness (QED) is 0.509. The molecule has 1 nitrogen and oxygen atoms in total. The summed E-state index contributed by atoms with van der Waals surface area (Å²) in [6.07, 6.45) is 2.67. The zero-order valence-electron chi connectivity index (χ0n) is 4.86. The number of halogens is 1. The highest BCUT2D eigenvalue weighted by atomic mass is 19.1. The van der Waals surface area contributed by atoms with Crippen LogP contribution in [0.4, 0.5) is 4.39 Å². The molecule has 2 heteroatoms. The second kappa shape index (κ2) is 2.16. The van der Waals surface area contributed by atoms with Crippen molar-refractivity contribution in [2.75, 3.05) is 0 Å². The Labute approximate surface area is 48.1 Å². The third-order valence-corrected chi connectivity index (χ3v) is 1.27. The van der Waals surface area contributed by atoms with Crippen molar-refractivity contribution in [1.82, 2.24) is 0 Å². The smallest absolute Gasteiger partial charge is 0.138 e. The van der Waals surface area contributed by atoms with Crippen LogP contribution in [0, 0.1) is 0 Å². The van der Waals surface area contributed by atoms with Gasteiger partial charge in [0.15, 0.2) is 0 Å². The molecular formula is C6H9FO. The van der Waals surface area contributed by atoms with Crippen molar-refractivity contribution >= 4 is 0 Å². The lowest BCUT2D eigenvalue weighted by Gasteiger charge is -2.02. The fourth-order valence-corrected chi connectivity index (χ4v) is 0.724.